The van der Waals surface area contributed by atoms with Crippen LogP contribution >= 0.6 is 22.9 Å². The molecule has 2 aromatic heterocycles. The van der Waals surface area contributed by atoms with E-state index in [1.165, 1.54) is 17.0 Å². The molecular weight excluding hydrogens is 428 g/mol. The van der Waals surface area contributed by atoms with Gasteiger partial charge in [-0.2, -0.15) is 0 Å². The standard InChI is InChI=1S/C20H17ClN4O4S/c1-24-7-6-12-16(9-24)30-20-17(12)19(26)22-18(23-20)15-5-4-14(29-15)11-3-2-10(25(27)28)8-13(11)21/h2-5,8,18,23H,6-7,9H2,1H3,(H,22,26)/t18-/m1/s1. The highest BCUT2D eigenvalue weighted by atomic mass is 35.5. The van der Waals surface area contributed by atoms with E-state index in [0.717, 1.165) is 35.6 Å². The number of furan rings is 1. The van der Waals surface area contributed by atoms with Crippen molar-refractivity contribution in [2.45, 2.75) is 19.1 Å². The van der Waals surface area contributed by atoms with E-state index in [-0.39, 0.29) is 16.6 Å². The van der Waals surface area contributed by atoms with Crippen molar-refractivity contribution >= 4 is 39.5 Å². The van der Waals surface area contributed by atoms with Crippen LogP contribution in [0.5, 0.6) is 0 Å². The molecule has 1 amide bonds. The fraction of sp³-hybridized carbons (Fsp3) is 0.250. The second-order valence-corrected chi connectivity index (χ2v) is 8.88. The topological polar surface area (TPSA) is 101 Å². The predicted octanol–water partition coefficient (Wildman–Crippen LogP) is 4.41. The van der Waals surface area contributed by atoms with E-state index in [2.05, 4.69) is 22.6 Å². The Morgan fingerprint density at radius 2 is 2.13 bits per heavy atom. The molecule has 30 heavy (non-hydrogen) atoms. The van der Waals surface area contributed by atoms with Gasteiger partial charge in [0, 0.05) is 35.7 Å². The number of anilines is 1. The molecule has 5 rings (SSSR count). The van der Waals surface area contributed by atoms with Crippen molar-refractivity contribution in [3.05, 3.63) is 67.2 Å². The van der Waals surface area contributed by atoms with Crippen molar-refractivity contribution in [2.24, 2.45) is 0 Å². The number of likely N-dealkylation sites (N-methyl/N-ethyl adjacent to an activating group) is 1. The van der Waals surface area contributed by atoms with Crippen LogP contribution in [0.3, 0.4) is 0 Å². The van der Waals surface area contributed by atoms with Crippen LogP contribution in [0, 0.1) is 10.1 Å². The van der Waals surface area contributed by atoms with Gasteiger partial charge in [-0.15, -0.1) is 11.3 Å². The molecule has 154 valence electrons. The summed E-state index contributed by atoms with van der Waals surface area (Å²) < 4.78 is 5.94. The molecule has 0 radical (unpaired) electrons. The smallest absolute Gasteiger partial charge is 0.270 e. The van der Waals surface area contributed by atoms with Crippen LogP contribution in [0.15, 0.2) is 34.7 Å². The number of nitro groups is 1. The Labute approximate surface area is 180 Å². The average molecular weight is 445 g/mol. The number of halogens is 1. The Morgan fingerprint density at radius 1 is 1.30 bits per heavy atom. The molecule has 10 heteroatoms. The first kappa shape index (κ1) is 19.1. The highest BCUT2D eigenvalue weighted by molar-refractivity contribution is 7.16. The third-order valence-corrected chi connectivity index (χ3v) is 6.83. The zero-order valence-electron chi connectivity index (χ0n) is 15.9. The van der Waals surface area contributed by atoms with E-state index in [0.29, 0.717) is 17.1 Å². The van der Waals surface area contributed by atoms with Gasteiger partial charge in [0.2, 0.25) is 0 Å². The van der Waals surface area contributed by atoms with E-state index in [1.54, 1.807) is 29.5 Å². The van der Waals surface area contributed by atoms with Gasteiger partial charge in [-0.25, -0.2) is 0 Å². The monoisotopic (exact) mass is 444 g/mol. The molecule has 0 saturated carbocycles. The zero-order valence-corrected chi connectivity index (χ0v) is 17.5. The SMILES string of the molecule is CN1CCc2c(sc3c2C(=O)N[C@@H](c2ccc(-c4ccc([N+](=O)[O-])cc4Cl)o2)N3)C1. The summed E-state index contributed by atoms with van der Waals surface area (Å²) in [5.41, 5.74) is 2.33. The minimum atomic E-state index is -0.506. The van der Waals surface area contributed by atoms with Crippen LogP contribution in [0.4, 0.5) is 10.7 Å². The lowest BCUT2D eigenvalue weighted by molar-refractivity contribution is -0.384. The van der Waals surface area contributed by atoms with Crippen molar-refractivity contribution in [3.63, 3.8) is 0 Å². The van der Waals surface area contributed by atoms with Gasteiger partial charge >= 0.3 is 0 Å². The molecule has 1 atom stereocenters. The van der Waals surface area contributed by atoms with E-state index in [9.17, 15) is 14.9 Å². The first-order valence-corrected chi connectivity index (χ1v) is 10.5. The number of thiophene rings is 1. The van der Waals surface area contributed by atoms with E-state index < -0.39 is 11.1 Å². The Kier molecular flexibility index (Phi) is 4.53. The first-order chi connectivity index (χ1) is 14.4. The first-order valence-electron chi connectivity index (χ1n) is 9.35. The van der Waals surface area contributed by atoms with Crippen LogP contribution < -0.4 is 10.6 Å². The molecule has 8 nitrogen and oxygen atoms in total. The summed E-state index contributed by atoms with van der Waals surface area (Å²) in [6.07, 6.45) is 0.356. The summed E-state index contributed by atoms with van der Waals surface area (Å²) in [5, 5.41) is 18.3. The molecule has 0 unspecified atom stereocenters. The van der Waals surface area contributed by atoms with E-state index in [1.807, 2.05) is 0 Å². The molecule has 4 heterocycles. The Bertz CT molecular complexity index is 1190. The van der Waals surface area contributed by atoms with Crippen molar-refractivity contribution in [1.82, 2.24) is 10.2 Å². The number of nitrogens with zero attached hydrogens (tertiary/aromatic N) is 2. The number of nitro benzene ring substituents is 1. The van der Waals surface area contributed by atoms with Crippen LogP contribution in [0.1, 0.15) is 32.7 Å². The number of fused-ring (bicyclic) bond motifs is 3. The van der Waals surface area contributed by atoms with Crippen LogP contribution in [-0.2, 0) is 13.0 Å². The molecule has 0 spiro atoms. The molecule has 0 bridgehead atoms. The van der Waals surface area contributed by atoms with Crippen LogP contribution in [0.25, 0.3) is 11.3 Å². The normalized spacial score (nSPS) is 18.3. The van der Waals surface area contributed by atoms with Gasteiger partial charge in [0.25, 0.3) is 11.6 Å². The lowest BCUT2D eigenvalue weighted by atomic mass is 10.0. The Balaban J connectivity index is 1.43. The van der Waals surface area contributed by atoms with Crippen molar-refractivity contribution in [1.29, 1.82) is 0 Å². The fourth-order valence-corrected chi connectivity index (χ4v) is 5.48. The number of carbonyl (C=O) groups is 1. The van der Waals surface area contributed by atoms with E-state index >= 15 is 0 Å². The maximum atomic E-state index is 12.8. The summed E-state index contributed by atoms with van der Waals surface area (Å²) in [6, 6.07) is 7.72. The highest BCUT2D eigenvalue weighted by Crippen LogP contribution is 2.41. The lowest BCUT2D eigenvalue weighted by Gasteiger charge is -2.26. The van der Waals surface area contributed by atoms with Gasteiger partial charge in [0.05, 0.1) is 15.5 Å². The summed E-state index contributed by atoms with van der Waals surface area (Å²) in [5.74, 6) is 0.892. The molecule has 0 aliphatic carbocycles. The molecule has 0 saturated heterocycles. The molecule has 1 aromatic carbocycles. The van der Waals surface area contributed by atoms with E-state index in [4.69, 9.17) is 16.0 Å². The Morgan fingerprint density at radius 3 is 2.90 bits per heavy atom. The maximum absolute atomic E-state index is 12.8. The summed E-state index contributed by atoms with van der Waals surface area (Å²) in [6.45, 7) is 1.78. The molecular formula is C20H17ClN4O4S. The molecule has 2 aliphatic rings. The molecule has 0 fully saturated rings. The lowest BCUT2D eigenvalue weighted by Crippen LogP contribution is -2.38. The molecule has 3 aromatic rings. The molecule has 2 aliphatic heterocycles. The summed E-state index contributed by atoms with van der Waals surface area (Å²) in [7, 11) is 2.08. The third-order valence-electron chi connectivity index (χ3n) is 5.37. The number of rotatable bonds is 3. The molecule has 2 N–H and O–H groups in total. The van der Waals surface area contributed by atoms with Gasteiger partial charge < -0.3 is 20.0 Å². The maximum Gasteiger partial charge on any atom is 0.270 e. The van der Waals surface area contributed by atoms with Gasteiger partial charge in [-0.05, 0) is 37.2 Å². The van der Waals surface area contributed by atoms with Gasteiger partial charge in [-0.3, -0.25) is 14.9 Å². The second kappa shape index (κ2) is 7.12. The van der Waals surface area contributed by atoms with Crippen molar-refractivity contribution in [3.8, 4) is 11.3 Å². The number of hydrogen-bond donors (Lipinski definition) is 2. The van der Waals surface area contributed by atoms with Crippen LogP contribution in [-0.4, -0.2) is 29.3 Å². The minimum absolute atomic E-state index is 0.0865. The van der Waals surface area contributed by atoms with Crippen molar-refractivity contribution < 1.29 is 14.1 Å². The van der Waals surface area contributed by atoms with Gasteiger partial charge in [0.15, 0.2) is 6.17 Å². The number of hydrogen-bond acceptors (Lipinski definition) is 7. The average Bonchev–Trinajstić information content (AvgIpc) is 3.32. The van der Waals surface area contributed by atoms with Crippen molar-refractivity contribution in [2.75, 3.05) is 18.9 Å². The number of non-ortho nitro benzene ring substituents is 1. The number of nitrogens with one attached hydrogen (secondary N) is 2. The minimum Gasteiger partial charge on any atom is -0.457 e. The van der Waals surface area contributed by atoms with Gasteiger partial charge in [-0.1, -0.05) is 11.6 Å². The highest BCUT2D eigenvalue weighted by Gasteiger charge is 2.34. The zero-order chi connectivity index (χ0) is 21.0. The number of carbonyl (C=O) groups excluding carboxylic acids is 1. The number of benzene rings is 1. The predicted molar refractivity (Wildman–Crippen MR) is 114 cm³/mol. The fourth-order valence-electron chi connectivity index (χ4n) is 3.86. The third kappa shape index (κ3) is 3.15. The van der Waals surface area contributed by atoms with Gasteiger partial charge in [0.1, 0.15) is 16.5 Å². The number of amides is 1. The summed E-state index contributed by atoms with van der Waals surface area (Å²) in [4.78, 5) is 26.7. The summed E-state index contributed by atoms with van der Waals surface area (Å²) >= 11 is 7.82. The largest absolute Gasteiger partial charge is 0.457 e. The quantitative estimate of drug-likeness (QED) is 0.458. The van der Waals surface area contributed by atoms with Crippen LogP contribution in [0.2, 0.25) is 5.02 Å². The Hall–Kier alpha value is -2.88. The second-order valence-electron chi connectivity index (χ2n) is 7.37.